The van der Waals surface area contributed by atoms with Crippen molar-refractivity contribution in [1.82, 2.24) is 9.37 Å². The Kier molecular flexibility index (Phi) is 9.90. The van der Waals surface area contributed by atoms with Crippen molar-refractivity contribution in [2.45, 2.75) is 67.8 Å². The summed E-state index contributed by atoms with van der Waals surface area (Å²) in [6, 6.07) is -0.839. The molecular weight excluding hydrogens is 472 g/mol. The quantitative estimate of drug-likeness (QED) is 0.188. The van der Waals surface area contributed by atoms with Gasteiger partial charge in [-0.25, -0.2) is 0 Å². The van der Waals surface area contributed by atoms with Gasteiger partial charge in [0.1, 0.15) is 40.6 Å². The molecule has 0 amide bonds. The van der Waals surface area contributed by atoms with Gasteiger partial charge in [0.2, 0.25) is 0 Å². The number of fused-ring (bicyclic) bond motifs is 2. The second kappa shape index (κ2) is 12.0. The molecule has 0 radical (unpaired) electrons. The standard InChI is InChI=1S/C21H36N2O8S2/c1-21(2,3)33(28)23(30-13-24)15-6-4-5-14(11-22-7-9-29-10-8-22)12-32-20-18(27)16(25)17(26)19(15)31-20/h4-5,13-20,25-27H,6-12H2,1-3H3/b5-4-/t14-,15+,16-,17+,18+,19+,20+,33?/m0/s1. The van der Waals surface area contributed by atoms with E-state index in [2.05, 4.69) is 11.0 Å². The van der Waals surface area contributed by atoms with Crippen molar-refractivity contribution < 1.29 is 39.0 Å². The lowest BCUT2D eigenvalue weighted by atomic mass is 9.93. The van der Waals surface area contributed by atoms with E-state index in [0.29, 0.717) is 19.0 Å². The predicted molar refractivity (Wildman–Crippen MR) is 124 cm³/mol. The van der Waals surface area contributed by atoms with E-state index in [9.17, 15) is 24.7 Å². The number of nitrogens with zero attached hydrogens (tertiary/aromatic N) is 2. The fourth-order valence-electron chi connectivity index (χ4n) is 4.14. The zero-order chi connectivity index (χ0) is 24.2. The molecule has 3 heterocycles. The van der Waals surface area contributed by atoms with Crippen LogP contribution in [0, 0.1) is 5.92 Å². The maximum absolute atomic E-state index is 13.2. The molecule has 3 aliphatic heterocycles. The molecule has 2 fully saturated rings. The minimum Gasteiger partial charge on any atom is -0.595 e. The Morgan fingerprint density at radius 2 is 1.94 bits per heavy atom. The van der Waals surface area contributed by atoms with Crippen LogP contribution in [0.1, 0.15) is 27.2 Å². The van der Waals surface area contributed by atoms with Crippen LogP contribution in [0.4, 0.5) is 0 Å². The molecule has 0 aromatic rings. The number of hydrogen-bond acceptors (Lipinski definition) is 11. The summed E-state index contributed by atoms with van der Waals surface area (Å²) >= 11 is -0.404. The van der Waals surface area contributed by atoms with Crippen LogP contribution in [0.5, 0.6) is 0 Å². The van der Waals surface area contributed by atoms with Crippen LogP contribution >= 0.6 is 11.8 Å². The summed E-state index contributed by atoms with van der Waals surface area (Å²) in [6.07, 6.45) is -0.970. The van der Waals surface area contributed by atoms with Crippen LogP contribution in [0.15, 0.2) is 12.2 Å². The highest BCUT2D eigenvalue weighted by Gasteiger charge is 2.52. The lowest BCUT2D eigenvalue weighted by Crippen LogP contribution is -2.64. The molecule has 3 N–H and O–H groups in total. The Balaban J connectivity index is 1.89. The zero-order valence-corrected chi connectivity index (χ0v) is 21.0. The van der Waals surface area contributed by atoms with Gasteiger partial charge >= 0.3 is 6.47 Å². The molecule has 8 atom stereocenters. The monoisotopic (exact) mass is 508 g/mol. The van der Waals surface area contributed by atoms with E-state index in [1.807, 2.05) is 6.08 Å². The van der Waals surface area contributed by atoms with Gasteiger partial charge in [0.25, 0.3) is 0 Å². The molecule has 0 aliphatic carbocycles. The van der Waals surface area contributed by atoms with Crippen LogP contribution < -0.4 is 0 Å². The highest BCUT2D eigenvalue weighted by molar-refractivity contribution is 7.99. The van der Waals surface area contributed by atoms with Gasteiger partial charge in [0, 0.05) is 25.4 Å². The zero-order valence-electron chi connectivity index (χ0n) is 19.3. The average Bonchev–Trinajstić information content (AvgIpc) is 2.78. The van der Waals surface area contributed by atoms with E-state index in [1.54, 1.807) is 20.8 Å². The smallest absolute Gasteiger partial charge is 0.318 e. The largest absolute Gasteiger partial charge is 0.595 e. The fraction of sp³-hybridized carbons (Fsp3) is 0.857. The first-order valence-corrected chi connectivity index (χ1v) is 13.4. The number of hydrogen-bond donors (Lipinski definition) is 3. The van der Waals surface area contributed by atoms with Gasteiger partial charge in [-0.15, -0.1) is 11.8 Å². The highest BCUT2D eigenvalue weighted by atomic mass is 32.2. The topological polar surface area (TPSA) is 135 Å². The fourth-order valence-corrected chi connectivity index (χ4v) is 6.46. The van der Waals surface area contributed by atoms with Gasteiger partial charge in [-0.05, 0) is 33.1 Å². The van der Waals surface area contributed by atoms with Crippen molar-refractivity contribution in [3.8, 4) is 0 Å². The van der Waals surface area contributed by atoms with Crippen molar-refractivity contribution >= 4 is 29.6 Å². The number of carbonyl (C=O) groups excluding carboxylic acids is 1. The molecule has 2 saturated heterocycles. The number of thioether (sulfide) groups is 1. The summed E-state index contributed by atoms with van der Waals surface area (Å²) in [7, 11) is 0. The van der Waals surface area contributed by atoms with Gasteiger partial charge in [0.05, 0.1) is 29.0 Å². The first kappa shape index (κ1) is 27.2. The Hall–Kier alpha value is -0.410. The molecular formula is C21H36N2O8S2. The third kappa shape index (κ3) is 6.84. The summed E-state index contributed by atoms with van der Waals surface area (Å²) < 4.78 is 25.0. The maximum atomic E-state index is 13.2. The van der Waals surface area contributed by atoms with Crippen LogP contribution in [0.25, 0.3) is 0 Å². The van der Waals surface area contributed by atoms with Crippen LogP contribution in [0.3, 0.4) is 0 Å². The number of hydroxylamine groups is 1. The van der Waals surface area contributed by atoms with Crippen LogP contribution in [-0.4, -0.2) is 115 Å². The Labute approximate surface area is 202 Å². The van der Waals surface area contributed by atoms with Gasteiger partial charge in [0.15, 0.2) is 0 Å². The van der Waals surface area contributed by atoms with E-state index in [4.69, 9.17) is 14.3 Å². The summed E-state index contributed by atoms with van der Waals surface area (Å²) in [5, 5.41) is 31.8. The minimum atomic E-state index is -1.77. The number of rotatable bonds is 6. The molecule has 0 aromatic heterocycles. The Morgan fingerprint density at radius 3 is 2.58 bits per heavy atom. The number of aliphatic hydroxyl groups excluding tert-OH is 3. The number of aliphatic hydroxyl groups is 3. The summed E-state index contributed by atoms with van der Waals surface area (Å²) in [6.45, 7) is 9.31. The molecule has 12 heteroatoms. The van der Waals surface area contributed by atoms with E-state index in [0.717, 1.165) is 24.1 Å². The molecule has 3 aliphatic rings. The van der Waals surface area contributed by atoms with Gasteiger partial charge in [-0.3, -0.25) is 9.69 Å². The molecule has 190 valence electrons. The predicted octanol–water partition coefficient (Wildman–Crippen LogP) is -0.344. The summed E-state index contributed by atoms with van der Waals surface area (Å²) in [4.78, 5) is 18.7. The Morgan fingerprint density at radius 1 is 1.24 bits per heavy atom. The van der Waals surface area contributed by atoms with Crippen LogP contribution in [-0.2, 0) is 30.5 Å². The van der Waals surface area contributed by atoms with E-state index < -0.39 is 52.0 Å². The first-order chi connectivity index (χ1) is 15.6. The molecule has 10 nitrogen and oxygen atoms in total. The van der Waals surface area contributed by atoms with E-state index in [1.165, 1.54) is 11.8 Å². The second-order valence-electron chi connectivity index (χ2n) is 9.53. The maximum Gasteiger partial charge on any atom is 0.318 e. The van der Waals surface area contributed by atoms with Gasteiger partial charge in [-0.2, -0.15) is 0 Å². The molecule has 0 aromatic carbocycles. The van der Waals surface area contributed by atoms with Crippen molar-refractivity contribution in [2.75, 3.05) is 38.6 Å². The van der Waals surface area contributed by atoms with Crippen LogP contribution in [0.2, 0.25) is 0 Å². The second-order valence-corrected chi connectivity index (χ2v) is 12.7. The average molecular weight is 509 g/mol. The summed E-state index contributed by atoms with van der Waals surface area (Å²) in [5.41, 5.74) is -0.796. The third-order valence-electron chi connectivity index (χ3n) is 5.95. The Bertz CT molecular complexity index is 661. The van der Waals surface area contributed by atoms with Crippen molar-refractivity contribution in [2.24, 2.45) is 5.92 Å². The first-order valence-electron chi connectivity index (χ1n) is 11.2. The molecule has 3 rings (SSSR count). The SMILES string of the molecule is CC(C)(C)[S+]([O-])N(OC=O)[C@@H]1C/C=C\[C@@H](CN2CCOCC2)CS[C@H]2O[C@H]1[C@H](O)[C@H](O)[C@H]2O. The molecule has 0 saturated carbocycles. The number of ether oxygens (including phenoxy) is 2. The third-order valence-corrected chi connectivity index (χ3v) is 9.02. The lowest BCUT2D eigenvalue weighted by molar-refractivity contribution is -0.229. The van der Waals surface area contributed by atoms with Crippen molar-refractivity contribution in [3.05, 3.63) is 12.2 Å². The minimum absolute atomic E-state index is 0.138. The lowest BCUT2D eigenvalue weighted by Gasteiger charge is -2.45. The normalized spacial score (nSPS) is 38.5. The molecule has 0 spiro atoms. The number of carbonyl (C=O) groups is 1. The molecule has 2 bridgehead atoms. The van der Waals surface area contributed by atoms with E-state index in [-0.39, 0.29) is 18.8 Å². The van der Waals surface area contributed by atoms with Gasteiger partial charge in [-0.1, -0.05) is 12.2 Å². The summed E-state index contributed by atoms with van der Waals surface area (Å²) in [5.74, 6) is 0.789. The van der Waals surface area contributed by atoms with E-state index >= 15 is 0 Å². The molecule has 33 heavy (non-hydrogen) atoms. The molecule has 1 unspecified atom stereocenters. The van der Waals surface area contributed by atoms with Gasteiger partial charge < -0.3 is 34.2 Å². The highest BCUT2D eigenvalue weighted by Crippen LogP contribution is 2.36. The number of morpholine rings is 1. The van der Waals surface area contributed by atoms with Crippen molar-refractivity contribution in [3.63, 3.8) is 0 Å². The van der Waals surface area contributed by atoms with Crippen molar-refractivity contribution in [1.29, 1.82) is 0 Å².